The van der Waals surface area contributed by atoms with Crippen molar-refractivity contribution in [3.63, 3.8) is 0 Å². The third kappa shape index (κ3) is 2.61. The molecule has 0 saturated carbocycles. The van der Waals surface area contributed by atoms with E-state index in [2.05, 4.69) is 159 Å². The molecule has 0 radical (unpaired) electrons. The minimum atomic E-state index is -0.373. The second kappa shape index (κ2) is 8.22. The van der Waals surface area contributed by atoms with E-state index in [1.165, 1.54) is 110 Å². The van der Waals surface area contributed by atoms with Crippen molar-refractivity contribution in [2.75, 3.05) is 0 Å². The van der Waals surface area contributed by atoms with Gasteiger partial charge in [-0.1, -0.05) is 147 Å². The molecule has 9 aromatic carbocycles. The smallest absolute Gasteiger partial charge is 0.0619 e. The van der Waals surface area contributed by atoms with E-state index in [0.717, 1.165) is 0 Å². The SMILES string of the molecule is CC1(C)c2ccccc2-c2c1cc1c3cc4c(c5cccc(c6cccc2c61)c53)-c1ccccc1C41c2ccccc2-c2ccccc21. The van der Waals surface area contributed by atoms with E-state index in [0.29, 0.717) is 0 Å². The molecule has 48 heavy (non-hydrogen) atoms. The molecular formula is C48H30. The van der Waals surface area contributed by atoms with E-state index in [1.807, 2.05) is 0 Å². The van der Waals surface area contributed by atoms with Crippen molar-refractivity contribution in [1.29, 1.82) is 0 Å². The quantitative estimate of drug-likeness (QED) is 0.119. The summed E-state index contributed by atoms with van der Waals surface area (Å²) in [5.41, 5.74) is 16.2. The van der Waals surface area contributed by atoms with Crippen LogP contribution in [0, 0.1) is 0 Å². The zero-order valence-corrected chi connectivity index (χ0v) is 26.9. The molecule has 0 unspecified atom stereocenters. The number of fused-ring (bicyclic) bond motifs is 17. The molecule has 9 aromatic rings. The van der Waals surface area contributed by atoms with Crippen molar-refractivity contribution in [3.05, 3.63) is 179 Å². The summed E-state index contributed by atoms with van der Waals surface area (Å²) in [5.74, 6) is 0. The summed E-state index contributed by atoms with van der Waals surface area (Å²) in [6.45, 7) is 4.82. The molecule has 0 heteroatoms. The molecule has 0 fully saturated rings. The number of rotatable bonds is 0. The zero-order chi connectivity index (χ0) is 31.5. The highest BCUT2D eigenvalue weighted by atomic mass is 14.5. The fourth-order valence-electron chi connectivity index (χ4n) is 10.6. The fourth-order valence-corrected chi connectivity index (χ4v) is 10.6. The van der Waals surface area contributed by atoms with Crippen LogP contribution in [0.5, 0.6) is 0 Å². The van der Waals surface area contributed by atoms with Gasteiger partial charge in [-0.15, -0.1) is 0 Å². The Balaban J connectivity index is 1.33. The van der Waals surface area contributed by atoms with Gasteiger partial charge in [0.25, 0.3) is 0 Å². The Hall–Kier alpha value is -5.72. The van der Waals surface area contributed by atoms with Gasteiger partial charge in [-0.2, -0.15) is 0 Å². The first kappa shape index (κ1) is 25.4. The predicted molar refractivity (Wildman–Crippen MR) is 202 cm³/mol. The summed E-state index contributed by atoms with van der Waals surface area (Å²) in [4.78, 5) is 0. The Bertz CT molecular complexity index is 2870. The number of benzene rings is 9. The molecule has 0 heterocycles. The molecule has 222 valence electrons. The number of hydrogen-bond acceptors (Lipinski definition) is 0. The third-order valence-electron chi connectivity index (χ3n) is 12.4. The lowest BCUT2D eigenvalue weighted by Crippen LogP contribution is -2.25. The average molecular weight is 607 g/mol. The Morgan fingerprint density at radius 3 is 1.27 bits per heavy atom. The largest absolute Gasteiger partial charge is 0.0725 e. The minimum absolute atomic E-state index is 0.0831. The lowest BCUT2D eigenvalue weighted by atomic mass is 9.70. The van der Waals surface area contributed by atoms with E-state index >= 15 is 0 Å². The van der Waals surface area contributed by atoms with Crippen LogP contribution in [-0.2, 0) is 10.8 Å². The normalized spacial score (nSPS) is 15.6. The molecule has 3 aliphatic carbocycles. The van der Waals surface area contributed by atoms with E-state index in [1.54, 1.807) is 0 Å². The first-order valence-electron chi connectivity index (χ1n) is 17.2. The Kier molecular flexibility index (Phi) is 4.34. The van der Waals surface area contributed by atoms with Gasteiger partial charge in [-0.05, 0) is 122 Å². The standard InChI is InChI=1S/C48H30/c1-47(2)37-21-7-5-15-31(37)45-33-19-11-17-29-30-18-12-20-34-44(30)36(35(43(29)33)25-41(45)47)26-42-46(34)32-16-6-10-24-40(32)48(42)38-22-8-3-13-27(38)28-14-4-9-23-39(28)48/h3-26H,1-2H3. The summed E-state index contributed by atoms with van der Waals surface area (Å²) in [6, 6.07) is 55.8. The molecular weight excluding hydrogens is 577 g/mol. The van der Waals surface area contributed by atoms with Crippen LogP contribution in [0.1, 0.15) is 47.2 Å². The molecule has 0 saturated heterocycles. The van der Waals surface area contributed by atoms with Crippen molar-refractivity contribution in [3.8, 4) is 33.4 Å². The van der Waals surface area contributed by atoms with Gasteiger partial charge in [0.15, 0.2) is 0 Å². The highest BCUT2D eigenvalue weighted by Gasteiger charge is 2.52. The van der Waals surface area contributed by atoms with Crippen LogP contribution in [0.25, 0.3) is 76.5 Å². The summed E-state index contributed by atoms with van der Waals surface area (Å²) in [5, 5.41) is 10.9. The van der Waals surface area contributed by atoms with Crippen LogP contribution in [0.4, 0.5) is 0 Å². The van der Waals surface area contributed by atoms with Crippen molar-refractivity contribution < 1.29 is 0 Å². The van der Waals surface area contributed by atoms with Crippen LogP contribution in [-0.4, -0.2) is 0 Å². The maximum absolute atomic E-state index is 2.62. The van der Waals surface area contributed by atoms with E-state index in [4.69, 9.17) is 0 Å². The topological polar surface area (TPSA) is 0 Å². The van der Waals surface area contributed by atoms with Crippen LogP contribution in [0.15, 0.2) is 146 Å². The summed E-state index contributed by atoms with van der Waals surface area (Å²) < 4.78 is 0. The molecule has 12 rings (SSSR count). The van der Waals surface area contributed by atoms with Crippen LogP contribution < -0.4 is 0 Å². The van der Waals surface area contributed by atoms with Gasteiger partial charge in [0, 0.05) is 5.41 Å². The third-order valence-corrected chi connectivity index (χ3v) is 12.4. The van der Waals surface area contributed by atoms with Gasteiger partial charge >= 0.3 is 0 Å². The lowest BCUT2D eigenvalue weighted by molar-refractivity contribution is 0.661. The Labute approximate surface area is 279 Å². The fraction of sp³-hybridized carbons (Fsp3) is 0.0833. The Morgan fingerprint density at radius 2 is 0.708 bits per heavy atom. The maximum Gasteiger partial charge on any atom is 0.0725 e. The molecule has 3 aliphatic rings. The summed E-state index contributed by atoms with van der Waals surface area (Å²) in [6.07, 6.45) is 0. The van der Waals surface area contributed by atoms with E-state index in [-0.39, 0.29) is 10.8 Å². The molecule has 0 N–H and O–H groups in total. The molecule has 0 amide bonds. The highest BCUT2D eigenvalue weighted by molar-refractivity contribution is 6.36. The second-order valence-corrected chi connectivity index (χ2v) is 14.7. The van der Waals surface area contributed by atoms with Crippen molar-refractivity contribution in [1.82, 2.24) is 0 Å². The van der Waals surface area contributed by atoms with Crippen LogP contribution in [0.2, 0.25) is 0 Å². The highest BCUT2D eigenvalue weighted by Crippen LogP contribution is 2.65. The minimum Gasteiger partial charge on any atom is -0.0619 e. The van der Waals surface area contributed by atoms with Gasteiger partial charge in [-0.3, -0.25) is 0 Å². The Morgan fingerprint density at radius 1 is 0.312 bits per heavy atom. The van der Waals surface area contributed by atoms with Gasteiger partial charge < -0.3 is 0 Å². The van der Waals surface area contributed by atoms with E-state index in [9.17, 15) is 0 Å². The molecule has 0 atom stereocenters. The van der Waals surface area contributed by atoms with Gasteiger partial charge in [0.2, 0.25) is 0 Å². The van der Waals surface area contributed by atoms with Crippen LogP contribution >= 0.6 is 0 Å². The monoisotopic (exact) mass is 606 g/mol. The predicted octanol–water partition coefficient (Wildman–Crippen LogP) is 12.4. The second-order valence-electron chi connectivity index (χ2n) is 14.7. The van der Waals surface area contributed by atoms with Gasteiger partial charge in [0.1, 0.15) is 0 Å². The zero-order valence-electron chi connectivity index (χ0n) is 26.9. The van der Waals surface area contributed by atoms with Gasteiger partial charge in [0.05, 0.1) is 5.41 Å². The average Bonchev–Trinajstić information content (AvgIpc) is 3.69. The maximum atomic E-state index is 2.62. The molecule has 0 nitrogen and oxygen atoms in total. The van der Waals surface area contributed by atoms with Crippen molar-refractivity contribution in [2.45, 2.75) is 24.7 Å². The van der Waals surface area contributed by atoms with Gasteiger partial charge in [-0.25, -0.2) is 0 Å². The van der Waals surface area contributed by atoms with E-state index < -0.39 is 0 Å². The molecule has 1 spiro atoms. The molecule has 0 bridgehead atoms. The summed E-state index contributed by atoms with van der Waals surface area (Å²) >= 11 is 0. The van der Waals surface area contributed by atoms with Crippen molar-refractivity contribution in [2.24, 2.45) is 0 Å². The first-order chi connectivity index (χ1) is 23.6. The number of hydrogen-bond donors (Lipinski definition) is 0. The first-order valence-corrected chi connectivity index (χ1v) is 17.2. The lowest BCUT2D eigenvalue weighted by Gasteiger charge is -2.31. The molecule has 0 aliphatic heterocycles. The van der Waals surface area contributed by atoms with Crippen LogP contribution in [0.3, 0.4) is 0 Å². The summed E-state index contributed by atoms with van der Waals surface area (Å²) in [7, 11) is 0. The van der Waals surface area contributed by atoms with Crippen molar-refractivity contribution >= 4 is 43.1 Å². The molecule has 0 aromatic heterocycles.